The van der Waals surface area contributed by atoms with Gasteiger partial charge in [-0.1, -0.05) is 30.3 Å². The average Bonchev–Trinajstić information content (AvgIpc) is 3.28. The summed E-state index contributed by atoms with van der Waals surface area (Å²) in [6.45, 7) is 5.42. The SMILES string of the molecule is COc1ccc(N2CCN(C(C)C(=O)Nc3nc(-c4ccccc4)cs3)CC2)cc1. The Bertz CT molecular complexity index is 966. The minimum Gasteiger partial charge on any atom is -0.497 e. The molecule has 1 saturated heterocycles. The third kappa shape index (κ3) is 4.63. The Balaban J connectivity index is 1.31. The summed E-state index contributed by atoms with van der Waals surface area (Å²) < 4.78 is 5.23. The summed E-state index contributed by atoms with van der Waals surface area (Å²) in [4.78, 5) is 21.9. The second-order valence-corrected chi connectivity index (χ2v) is 8.15. The van der Waals surface area contributed by atoms with E-state index in [1.807, 2.05) is 54.8 Å². The van der Waals surface area contributed by atoms with Gasteiger partial charge in [0.25, 0.3) is 0 Å². The molecule has 2 aromatic carbocycles. The number of anilines is 2. The molecular weight excluding hydrogens is 396 g/mol. The number of thiazole rings is 1. The summed E-state index contributed by atoms with van der Waals surface area (Å²) in [6.07, 6.45) is 0. The Kier molecular flexibility index (Phi) is 6.30. The van der Waals surface area contributed by atoms with Crippen LogP contribution in [0.25, 0.3) is 11.3 Å². The van der Waals surface area contributed by atoms with Crippen LogP contribution >= 0.6 is 11.3 Å². The first-order chi connectivity index (χ1) is 14.6. The largest absolute Gasteiger partial charge is 0.497 e. The van der Waals surface area contributed by atoms with Gasteiger partial charge in [-0.15, -0.1) is 11.3 Å². The Hall–Kier alpha value is -2.90. The number of carbonyl (C=O) groups is 1. The van der Waals surface area contributed by atoms with Crippen LogP contribution in [0.15, 0.2) is 60.0 Å². The lowest BCUT2D eigenvalue weighted by molar-refractivity contribution is -0.120. The van der Waals surface area contributed by atoms with Crippen LogP contribution in [0.4, 0.5) is 10.8 Å². The second kappa shape index (κ2) is 9.28. The van der Waals surface area contributed by atoms with Gasteiger partial charge >= 0.3 is 0 Å². The van der Waals surface area contributed by atoms with Crippen LogP contribution in [0.2, 0.25) is 0 Å². The van der Waals surface area contributed by atoms with Gasteiger partial charge < -0.3 is 15.0 Å². The third-order valence-corrected chi connectivity index (χ3v) is 6.24. The molecule has 0 aliphatic carbocycles. The lowest BCUT2D eigenvalue weighted by Crippen LogP contribution is -2.52. The lowest BCUT2D eigenvalue weighted by Gasteiger charge is -2.38. The minimum absolute atomic E-state index is 0.0122. The molecule has 3 aromatic rings. The first-order valence-electron chi connectivity index (χ1n) is 10.1. The number of nitrogens with zero attached hydrogens (tertiary/aromatic N) is 3. The minimum atomic E-state index is -0.202. The monoisotopic (exact) mass is 422 g/mol. The zero-order valence-corrected chi connectivity index (χ0v) is 18.1. The van der Waals surface area contributed by atoms with Crippen molar-refractivity contribution in [2.45, 2.75) is 13.0 Å². The van der Waals surface area contributed by atoms with E-state index in [4.69, 9.17) is 4.74 Å². The molecule has 2 heterocycles. The van der Waals surface area contributed by atoms with Crippen molar-refractivity contribution in [2.75, 3.05) is 43.5 Å². The molecule has 1 unspecified atom stereocenters. The average molecular weight is 423 g/mol. The molecule has 1 aliphatic rings. The van der Waals surface area contributed by atoms with Gasteiger partial charge in [0.05, 0.1) is 18.8 Å². The fourth-order valence-electron chi connectivity index (χ4n) is 3.61. The van der Waals surface area contributed by atoms with Crippen molar-refractivity contribution in [1.29, 1.82) is 0 Å². The van der Waals surface area contributed by atoms with Crippen LogP contribution in [-0.4, -0.2) is 55.1 Å². The van der Waals surface area contributed by atoms with Crippen molar-refractivity contribution in [1.82, 2.24) is 9.88 Å². The second-order valence-electron chi connectivity index (χ2n) is 7.29. The van der Waals surface area contributed by atoms with Crippen molar-refractivity contribution < 1.29 is 9.53 Å². The van der Waals surface area contributed by atoms with Crippen LogP contribution in [0.1, 0.15) is 6.92 Å². The number of aromatic nitrogens is 1. The molecule has 1 aromatic heterocycles. The maximum absolute atomic E-state index is 12.8. The van der Waals surface area contributed by atoms with Crippen molar-refractivity contribution in [3.63, 3.8) is 0 Å². The van der Waals surface area contributed by atoms with E-state index in [1.165, 1.54) is 17.0 Å². The topological polar surface area (TPSA) is 57.7 Å². The molecule has 0 spiro atoms. The van der Waals surface area contributed by atoms with Crippen LogP contribution in [-0.2, 0) is 4.79 Å². The maximum Gasteiger partial charge on any atom is 0.243 e. The molecule has 156 valence electrons. The zero-order valence-electron chi connectivity index (χ0n) is 17.2. The van der Waals surface area contributed by atoms with E-state index in [1.54, 1.807) is 7.11 Å². The van der Waals surface area contributed by atoms with E-state index in [0.29, 0.717) is 5.13 Å². The number of nitrogens with one attached hydrogen (secondary N) is 1. The van der Waals surface area contributed by atoms with Gasteiger partial charge in [0.1, 0.15) is 5.75 Å². The molecule has 1 fully saturated rings. The van der Waals surface area contributed by atoms with E-state index in [2.05, 4.69) is 32.2 Å². The predicted octanol–water partition coefficient (Wildman–Crippen LogP) is 3.97. The summed E-state index contributed by atoms with van der Waals surface area (Å²) in [5, 5.41) is 5.60. The normalized spacial score (nSPS) is 15.6. The number of ether oxygens (including phenoxy) is 1. The van der Waals surface area contributed by atoms with Crippen molar-refractivity contribution >= 4 is 28.1 Å². The fourth-order valence-corrected chi connectivity index (χ4v) is 4.33. The highest BCUT2D eigenvalue weighted by atomic mass is 32.1. The van der Waals surface area contributed by atoms with E-state index < -0.39 is 0 Å². The molecule has 30 heavy (non-hydrogen) atoms. The van der Waals surface area contributed by atoms with Crippen molar-refractivity contribution in [3.8, 4) is 17.0 Å². The molecule has 6 nitrogen and oxygen atoms in total. The highest BCUT2D eigenvalue weighted by molar-refractivity contribution is 7.14. The standard InChI is InChI=1S/C23H26N4O2S/c1-17(22(28)25-23-24-21(16-30-23)18-6-4-3-5-7-18)26-12-14-27(15-13-26)19-8-10-20(29-2)11-9-19/h3-11,16-17H,12-15H2,1-2H3,(H,24,25,28). The number of methoxy groups -OCH3 is 1. The Morgan fingerprint density at radius 2 is 1.77 bits per heavy atom. The summed E-state index contributed by atoms with van der Waals surface area (Å²) in [5.41, 5.74) is 3.12. The molecule has 1 atom stereocenters. The Morgan fingerprint density at radius 1 is 1.07 bits per heavy atom. The smallest absolute Gasteiger partial charge is 0.243 e. The number of hydrogen-bond donors (Lipinski definition) is 1. The van der Waals surface area contributed by atoms with E-state index in [9.17, 15) is 4.79 Å². The predicted molar refractivity (Wildman–Crippen MR) is 122 cm³/mol. The van der Waals surface area contributed by atoms with Crippen LogP contribution in [0, 0.1) is 0 Å². The van der Waals surface area contributed by atoms with Gasteiger partial charge in [0, 0.05) is 42.8 Å². The lowest BCUT2D eigenvalue weighted by atomic mass is 10.2. The molecule has 0 saturated carbocycles. The molecule has 1 amide bonds. The summed E-state index contributed by atoms with van der Waals surface area (Å²) in [5.74, 6) is 0.849. The van der Waals surface area contributed by atoms with Gasteiger partial charge in [-0.2, -0.15) is 0 Å². The van der Waals surface area contributed by atoms with Gasteiger partial charge in [-0.3, -0.25) is 9.69 Å². The molecule has 1 aliphatic heterocycles. The Labute approximate surface area is 181 Å². The molecule has 0 radical (unpaired) electrons. The van der Waals surface area contributed by atoms with Crippen LogP contribution < -0.4 is 15.0 Å². The Morgan fingerprint density at radius 3 is 2.43 bits per heavy atom. The number of piperazine rings is 1. The third-order valence-electron chi connectivity index (χ3n) is 5.48. The number of amides is 1. The first-order valence-corrected chi connectivity index (χ1v) is 11.0. The van der Waals surface area contributed by atoms with Crippen molar-refractivity contribution in [2.24, 2.45) is 0 Å². The highest BCUT2D eigenvalue weighted by Gasteiger charge is 2.26. The molecule has 0 bridgehead atoms. The molecular formula is C23H26N4O2S. The van der Waals surface area contributed by atoms with Gasteiger partial charge in [-0.25, -0.2) is 4.98 Å². The maximum atomic E-state index is 12.8. The van der Waals surface area contributed by atoms with E-state index in [-0.39, 0.29) is 11.9 Å². The summed E-state index contributed by atoms with van der Waals surface area (Å²) >= 11 is 1.46. The van der Waals surface area contributed by atoms with Gasteiger partial charge in [0.2, 0.25) is 5.91 Å². The zero-order chi connectivity index (χ0) is 20.9. The quantitative estimate of drug-likeness (QED) is 0.651. The first kappa shape index (κ1) is 20.4. The molecule has 4 rings (SSSR count). The van der Waals surface area contributed by atoms with Crippen LogP contribution in [0.5, 0.6) is 5.75 Å². The van der Waals surface area contributed by atoms with E-state index >= 15 is 0 Å². The molecule has 1 N–H and O–H groups in total. The number of rotatable bonds is 6. The van der Waals surface area contributed by atoms with Gasteiger partial charge in [-0.05, 0) is 31.2 Å². The number of carbonyl (C=O) groups excluding carboxylic acids is 1. The van der Waals surface area contributed by atoms with Crippen molar-refractivity contribution in [3.05, 3.63) is 60.0 Å². The number of hydrogen-bond acceptors (Lipinski definition) is 6. The highest BCUT2D eigenvalue weighted by Crippen LogP contribution is 2.25. The molecule has 7 heteroatoms. The fraction of sp³-hybridized carbons (Fsp3) is 0.304. The van der Waals surface area contributed by atoms with Gasteiger partial charge in [0.15, 0.2) is 5.13 Å². The van der Waals surface area contributed by atoms with Crippen LogP contribution in [0.3, 0.4) is 0 Å². The number of benzene rings is 2. The summed E-state index contributed by atoms with van der Waals surface area (Å²) in [6, 6.07) is 17.9. The summed E-state index contributed by atoms with van der Waals surface area (Å²) in [7, 11) is 1.67. The van der Waals surface area contributed by atoms with E-state index in [0.717, 1.165) is 43.2 Å².